The van der Waals surface area contributed by atoms with Crippen LogP contribution >= 0.6 is 23.5 Å². The Morgan fingerprint density at radius 2 is 2.00 bits per heavy atom. The highest BCUT2D eigenvalue weighted by molar-refractivity contribution is 8.07. The van der Waals surface area contributed by atoms with Gasteiger partial charge >= 0.3 is 0 Å². The van der Waals surface area contributed by atoms with Gasteiger partial charge in [-0.3, -0.25) is 4.79 Å². The zero-order valence-electron chi connectivity index (χ0n) is 10.6. The van der Waals surface area contributed by atoms with E-state index in [1.807, 2.05) is 37.4 Å². The molecule has 0 bridgehead atoms. The number of thioether (sulfide) groups is 2. The lowest BCUT2D eigenvalue weighted by molar-refractivity contribution is 0.837. The van der Waals surface area contributed by atoms with Crippen molar-refractivity contribution in [3.8, 4) is 0 Å². The fourth-order valence-corrected chi connectivity index (χ4v) is 4.61. The molecule has 2 heterocycles. The van der Waals surface area contributed by atoms with E-state index in [-0.39, 0.29) is 5.56 Å². The first-order valence-electron chi connectivity index (χ1n) is 5.83. The Bertz CT molecular complexity index is 472. The Morgan fingerprint density at radius 1 is 1.29 bits per heavy atom. The highest BCUT2D eigenvalue weighted by Gasteiger charge is 2.28. The maximum Gasteiger partial charge on any atom is 0.254 e. The van der Waals surface area contributed by atoms with E-state index in [9.17, 15) is 4.79 Å². The second-order valence-corrected chi connectivity index (χ2v) is 7.52. The molecule has 1 saturated heterocycles. The molecule has 3 atom stereocenters. The number of hydrogen-bond donors (Lipinski definition) is 1. The van der Waals surface area contributed by atoms with Gasteiger partial charge in [-0.2, -0.15) is 11.8 Å². The SMILES string of the molecule is Cc1nc(C2CSC(C)C(C)S2)[nH]c(=O)c1C. The minimum atomic E-state index is 0.00405. The zero-order chi connectivity index (χ0) is 12.6. The van der Waals surface area contributed by atoms with Crippen molar-refractivity contribution >= 4 is 23.5 Å². The van der Waals surface area contributed by atoms with E-state index in [1.54, 1.807) is 0 Å². The second-order valence-electron chi connectivity index (χ2n) is 4.53. The van der Waals surface area contributed by atoms with Crippen LogP contribution in [-0.4, -0.2) is 26.2 Å². The summed E-state index contributed by atoms with van der Waals surface area (Å²) in [6, 6.07) is 0. The number of hydrogen-bond acceptors (Lipinski definition) is 4. The van der Waals surface area contributed by atoms with Crippen molar-refractivity contribution in [1.29, 1.82) is 0 Å². The molecule has 1 aliphatic rings. The van der Waals surface area contributed by atoms with E-state index in [4.69, 9.17) is 0 Å². The maximum atomic E-state index is 11.7. The molecule has 0 saturated carbocycles. The molecule has 1 N–H and O–H groups in total. The number of aryl methyl sites for hydroxylation is 1. The normalized spacial score (nSPS) is 29.3. The lowest BCUT2D eigenvalue weighted by atomic mass is 10.2. The third kappa shape index (κ3) is 2.71. The molecule has 1 aliphatic heterocycles. The lowest BCUT2D eigenvalue weighted by Gasteiger charge is -2.30. The van der Waals surface area contributed by atoms with E-state index in [2.05, 4.69) is 23.8 Å². The first kappa shape index (κ1) is 13.0. The molecule has 17 heavy (non-hydrogen) atoms. The predicted octanol–water partition coefficient (Wildman–Crippen LogP) is 2.68. The molecule has 0 spiro atoms. The highest BCUT2D eigenvalue weighted by Crippen LogP contribution is 2.42. The zero-order valence-corrected chi connectivity index (χ0v) is 12.2. The van der Waals surface area contributed by atoms with Gasteiger partial charge in [0.2, 0.25) is 0 Å². The van der Waals surface area contributed by atoms with Crippen LogP contribution in [0.15, 0.2) is 4.79 Å². The standard InChI is InChI=1S/C12H18N2OS2/c1-6-7(2)13-11(14-12(6)15)10-5-16-8(3)9(4)17-10/h8-10H,5H2,1-4H3,(H,13,14,15). The molecular formula is C12H18N2OS2. The Labute approximate surface area is 110 Å². The van der Waals surface area contributed by atoms with E-state index in [0.29, 0.717) is 15.7 Å². The van der Waals surface area contributed by atoms with Gasteiger partial charge in [0.1, 0.15) is 5.82 Å². The van der Waals surface area contributed by atoms with Crippen LogP contribution in [0.2, 0.25) is 0 Å². The van der Waals surface area contributed by atoms with Crippen molar-refractivity contribution in [2.45, 2.75) is 43.4 Å². The summed E-state index contributed by atoms with van der Waals surface area (Å²) in [7, 11) is 0. The number of aromatic nitrogens is 2. The largest absolute Gasteiger partial charge is 0.309 e. The smallest absolute Gasteiger partial charge is 0.254 e. The fourth-order valence-electron chi connectivity index (χ4n) is 1.75. The average Bonchev–Trinajstić information content (AvgIpc) is 2.29. The fraction of sp³-hybridized carbons (Fsp3) is 0.667. The molecule has 3 nitrogen and oxygen atoms in total. The monoisotopic (exact) mass is 270 g/mol. The van der Waals surface area contributed by atoms with E-state index in [1.165, 1.54) is 0 Å². The van der Waals surface area contributed by atoms with Crippen molar-refractivity contribution in [1.82, 2.24) is 9.97 Å². The van der Waals surface area contributed by atoms with E-state index < -0.39 is 0 Å². The van der Waals surface area contributed by atoms with E-state index in [0.717, 1.165) is 22.8 Å². The first-order valence-corrected chi connectivity index (χ1v) is 7.82. The number of nitrogens with one attached hydrogen (secondary N) is 1. The second kappa shape index (κ2) is 5.06. The number of nitrogens with zero attached hydrogens (tertiary/aromatic N) is 1. The Hall–Kier alpha value is -0.420. The summed E-state index contributed by atoms with van der Waals surface area (Å²) in [6.45, 7) is 8.22. The molecule has 0 aromatic carbocycles. The van der Waals surface area contributed by atoms with Gasteiger partial charge in [-0.15, -0.1) is 11.8 Å². The Kier molecular flexibility index (Phi) is 3.88. The third-order valence-corrected chi connectivity index (χ3v) is 6.67. The van der Waals surface area contributed by atoms with Crippen LogP contribution in [-0.2, 0) is 0 Å². The number of H-pyrrole nitrogens is 1. The van der Waals surface area contributed by atoms with Gasteiger partial charge in [0.15, 0.2) is 0 Å². The van der Waals surface area contributed by atoms with Gasteiger partial charge in [-0.05, 0) is 13.8 Å². The van der Waals surface area contributed by atoms with Crippen LogP contribution in [0, 0.1) is 13.8 Å². The summed E-state index contributed by atoms with van der Waals surface area (Å²) in [5.41, 5.74) is 1.58. The van der Waals surface area contributed by atoms with Gasteiger partial charge in [0, 0.05) is 27.5 Å². The molecule has 1 aromatic rings. The lowest BCUT2D eigenvalue weighted by Crippen LogP contribution is -2.25. The summed E-state index contributed by atoms with van der Waals surface area (Å²) in [6.07, 6.45) is 0. The molecule has 1 aromatic heterocycles. The van der Waals surface area contributed by atoms with Crippen molar-refractivity contribution in [3.05, 3.63) is 27.4 Å². The van der Waals surface area contributed by atoms with Crippen molar-refractivity contribution in [2.24, 2.45) is 0 Å². The van der Waals surface area contributed by atoms with Crippen LogP contribution in [0.5, 0.6) is 0 Å². The van der Waals surface area contributed by atoms with Crippen LogP contribution in [0.3, 0.4) is 0 Å². The summed E-state index contributed by atoms with van der Waals surface area (Å²) < 4.78 is 0. The van der Waals surface area contributed by atoms with Crippen LogP contribution in [0.25, 0.3) is 0 Å². The van der Waals surface area contributed by atoms with Gasteiger partial charge in [-0.25, -0.2) is 4.98 Å². The number of aromatic amines is 1. The van der Waals surface area contributed by atoms with E-state index >= 15 is 0 Å². The average molecular weight is 270 g/mol. The van der Waals surface area contributed by atoms with Gasteiger partial charge in [-0.1, -0.05) is 13.8 Å². The molecule has 94 valence electrons. The van der Waals surface area contributed by atoms with Crippen LogP contribution < -0.4 is 5.56 Å². The molecule has 2 rings (SSSR count). The summed E-state index contributed by atoms with van der Waals surface area (Å²) in [4.78, 5) is 19.2. The van der Waals surface area contributed by atoms with Gasteiger partial charge in [0.25, 0.3) is 5.56 Å². The molecule has 0 aliphatic carbocycles. The molecule has 0 amide bonds. The van der Waals surface area contributed by atoms with Crippen molar-refractivity contribution < 1.29 is 0 Å². The molecule has 1 fully saturated rings. The topological polar surface area (TPSA) is 45.8 Å². The molecular weight excluding hydrogens is 252 g/mol. The Morgan fingerprint density at radius 3 is 2.59 bits per heavy atom. The summed E-state index contributed by atoms with van der Waals surface area (Å²) in [5, 5.41) is 1.60. The Balaban J connectivity index is 2.26. The van der Waals surface area contributed by atoms with Crippen molar-refractivity contribution in [3.63, 3.8) is 0 Å². The van der Waals surface area contributed by atoms with Gasteiger partial charge in [0.05, 0.1) is 5.25 Å². The van der Waals surface area contributed by atoms with Crippen molar-refractivity contribution in [2.75, 3.05) is 5.75 Å². The van der Waals surface area contributed by atoms with Crippen LogP contribution in [0.1, 0.15) is 36.2 Å². The number of rotatable bonds is 1. The summed E-state index contributed by atoms with van der Waals surface area (Å²) in [5.74, 6) is 1.87. The van der Waals surface area contributed by atoms with Crippen LogP contribution in [0.4, 0.5) is 0 Å². The minimum absolute atomic E-state index is 0.00405. The first-order chi connectivity index (χ1) is 7.99. The molecule has 5 heteroatoms. The highest BCUT2D eigenvalue weighted by atomic mass is 32.2. The predicted molar refractivity (Wildman–Crippen MR) is 76.0 cm³/mol. The third-order valence-electron chi connectivity index (χ3n) is 3.27. The minimum Gasteiger partial charge on any atom is -0.309 e. The molecule has 0 radical (unpaired) electrons. The van der Waals surface area contributed by atoms with Gasteiger partial charge < -0.3 is 4.98 Å². The maximum absolute atomic E-state index is 11.7. The quantitative estimate of drug-likeness (QED) is 0.852. The molecule has 3 unspecified atom stereocenters. The summed E-state index contributed by atoms with van der Waals surface area (Å²) >= 11 is 3.88.